The summed E-state index contributed by atoms with van der Waals surface area (Å²) < 4.78 is 0. The predicted molar refractivity (Wildman–Crippen MR) is 80.4 cm³/mol. The number of nitrogens with one attached hydrogen (secondary N) is 1. The Morgan fingerprint density at radius 2 is 2.00 bits per heavy atom. The van der Waals surface area contributed by atoms with Gasteiger partial charge in [-0.3, -0.25) is 0 Å². The molecule has 0 aromatic heterocycles. The standard InChI is InChI=1S/C17H26N2/c1-19-9-5-6-14(13-19)12-18-17-10-16(11-17)15-7-3-2-4-8-15/h2-4,7-8,14,16-18H,5-6,9-13H2,1H3. The van der Waals surface area contributed by atoms with E-state index in [2.05, 4.69) is 47.6 Å². The average molecular weight is 258 g/mol. The number of rotatable bonds is 4. The second-order valence-electron chi connectivity index (χ2n) is 6.45. The molecule has 1 atom stereocenters. The molecular weight excluding hydrogens is 232 g/mol. The van der Waals surface area contributed by atoms with Gasteiger partial charge < -0.3 is 10.2 Å². The number of piperidine rings is 1. The molecular formula is C17H26N2. The highest BCUT2D eigenvalue weighted by molar-refractivity contribution is 5.22. The molecule has 0 amide bonds. The molecule has 19 heavy (non-hydrogen) atoms. The minimum atomic E-state index is 0.762. The van der Waals surface area contributed by atoms with E-state index in [1.54, 1.807) is 0 Å². The van der Waals surface area contributed by atoms with Crippen molar-refractivity contribution in [3.63, 3.8) is 0 Å². The molecule has 0 radical (unpaired) electrons. The molecule has 1 aliphatic carbocycles. The van der Waals surface area contributed by atoms with Crippen molar-refractivity contribution in [3.8, 4) is 0 Å². The maximum absolute atomic E-state index is 3.78. The van der Waals surface area contributed by atoms with Crippen LogP contribution in [0.2, 0.25) is 0 Å². The summed E-state index contributed by atoms with van der Waals surface area (Å²) >= 11 is 0. The van der Waals surface area contributed by atoms with E-state index in [0.29, 0.717) is 0 Å². The van der Waals surface area contributed by atoms with Crippen LogP contribution in [0.1, 0.15) is 37.2 Å². The first-order chi connectivity index (χ1) is 9.31. The smallest absolute Gasteiger partial charge is 0.00788 e. The maximum Gasteiger partial charge on any atom is 0.00788 e. The van der Waals surface area contributed by atoms with Crippen LogP contribution >= 0.6 is 0 Å². The molecule has 2 fully saturated rings. The molecule has 1 heterocycles. The number of benzene rings is 1. The first-order valence-corrected chi connectivity index (χ1v) is 7.78. The van der Waals surface area contributed by atoms with Gasteiger partial charge in [-0.25, -0.2) is 0 Å². The van der Waals surface area contributed by atoms with Crippen molar-refractivity contribution in [2.24, 2.45) is 5.92 Å². The molecule has 1 saturated heterocycles. The summed E-state index contributed by atoms with van der Waals surface area (Å²) in [6.45, 7) is 3.79. The summed E-state index contributed by atoms with van der Waals surface area (Å²) in [7, 11) is 2.25. The number of hydrogen-bond acceptors (Lipinski definition) is 2. The van der Waals surface area contributed by atoms with E-state index in [1.165, 1.54) is 50.9 Å². The lowest BCUT2D eigenvalue weighted by Gasteiger charge is -2.38. The third-order valence-electron chi connectivity index (χ3n) is 4.83. The fraction of sp³-hybridized carbons (Fsp3) is 0.647. The van der Waals surface area contributed by atoms with E-state index in [-0.39, 0.29) is 0 Å². The molecule has 1 saturated carbocycles. The van der Waals surface area contributed by atoms with Crippen molar-refractivity contribution in [3.05, 3.63) is 35.9 Å². The Balaban J connectivity index is 1.38. The molecule has 1 aromatic carbocycles. The molecule has 2 heteroatoms. The van der Waals surface area contributed by atoms with Crippen molar-refractivity contribution >= 4 is 0 Å². The third kappa shape index (κ3) is 3.37. The zero-order chi connectivity index (χ0) is 13.1. The number of likely N-dealkylation sites (tertiary alicyclic amines) is 1. The lowest BCUT2D eigenvalue weighted by molar-refractivity contribution is 0.190. The second kappa shape index (κ2) is 6.06. The van der Waals surface area contributed by atoms with E-state index in [1.807, 2.05) is 0 Å². The Hall–Kier alpha value is -0.860. The van der Waals surface area contributed by atoms with Gasteiger partial charge in [0.2, 0.25) is 0 Å². The molecule has 0 spiro atoms. The summed E-state index contributed by atoms with van der Waals surface area (Å²) in [4.78, 5) is 2.48. The molecule has 2 aliphatic rings. The van der Waals surface area contributed by atoms with Gasteiger partial charge in [0.1, 0.15) is 0 Å². The van der Waals surface area contributed by atoms with Gasteiger partial charge in [-0.05, 0) is 63.2 Å². The van der Waals surface area contributed by atoms with Gasteiger partial charge in [-0.15, -0.1) is 0 Å². The first kappa shape index (κ1) is 13.1. The molecule has 3 rings (SSSR count). The van der Waals surface area contributed by atoms with Crippen LogP contribution in [-0.2, 0) is 0 Å². The fourth-order valence-corrected chi connectivity index (χ4v) is 3.56. The van der Waals surface area contributed by atoms with E-state index in [0.717, 1.165) is 17.9 Å². The second-order valence-corrected chi connectivity index (χ2v) is 6.45. The Bertz CT molecular complexity index is 384. The van der Waals surface area contributed by atoms with Crippen molar-refractivity contribution in [2.75, 3.05) is 26.7 Å². The van der Waals surface area contributed by atoms with Crippen LogP contribution in [0.25, 0.3) is 0 Å². The van der Waals surface area contributed by atoms with Crippen LogP contribution in [0.4, 0.5) is 0 Å². The molecule has 104 valence electrons. The zero-order valence-electron chi connectivity index (χ0n) is 12.0. The number of nitrogens with zero attached hydrogens (tertiary/aromatic N) is 1. The van der Waals surface area contributed by atoms with Crippen molar-refractivity contribution in [2.45, 2.75) is 37.6 Å². The van der Waals surface area contributed by atoms with Crippen LogP contribution < -0.4 is 5.32 Å². The summed E-state index contributed by atoms with van der Waals surface area (Å²) in [5.74, 6) is 1.67. The van der Waals surface area contributed by atoms with Crippen LogP contribution in [0, 0.1) is 5.92 Å². The highest BCUT2D eigenvalue weighted by Crippen LogP contribution is 2.36. The fourth-order valence-electron chi connectivity index (χ4n) is 3.56. The maximum atomic E-state index is 3.78. The van der Waals surface area contributed by atoms with Gasteiger partial charge in [0.05, 0.1) is 0 Å². The first-order valence-electron chi connectivity index (χ1n) is 7.78. The van der Waals surface area contributed by atoms with Gasteiger partial charge in [0.25, 0.3) is 0 Å². The van der Waals surface area contributed by atoms with E-state index >= 15 is 0 Å². The molecule has 1 N–H and O–H groups in total. The van der Waals surface area contributed by atoms with Gasteiger partial charge >= 0.3 is 0 Å². The predicted octanol–water partition coefficient (Wildman–Crippen LogP) is 2.86. The highest BCUT2D eigenvalue weighted by atomic mass is 15.1. The minimum Gasteiger partial charge on any atom is -0.314 e. The summed E-state index contributed by atoms with van der Waals surface area (Å²) in [6.07, 6.45) is 5.44. The monoisotopic (exact) mass is 258 g/mol. The van der Waals surface area contributed by atoms with Gasteiger partial charge in [0.15, 0.2) is 0 Å². The molecule has 1 aromatic rings. The van der Waals surface area contributed by atoms with Gasteiger partial charge in [0, 0.05) is 12.6 Å². The van der Waals surface area contributed by atoms with Crippen molar-refractivity contribution in [1.82, 2.24) is 10.2 Å². The topological polar surface area (TPSA) is 15.3 Å². The van der Waals surface area contributed by atoms with Crippen LogP contribution in [0.15, 0.2) is 30.3 Å². The Morgan fingerprint density at radius 1 is 1.21 bits per heavy atom. The average Bonchev–Trinajstić information content (AvgIpc) is 2.38. The largest absolute Gasteiger partial charge is 0.314 e. The number of hydrogen-bond donors (Lipinski definition) is 1. The Morgan fingerprint density at radius 3 is 2.74 bits per heavy atom. The highest BCUT2D eigenvalue weighted by Gasteiger charge is 2.30. The van der Waals surface area contributed by atoms with Crippen molar-refractivity contribution < 1.29 is 0 Å². The van der Waals surface area contributed by atoms with Gasteiger partial charge in [-0.2, -0.15) is 0 Å². The molecule has 1 unspecified atom stereocenters. The van der Waals surface area contributed by atoms with Crippen LogP contribution in [-0.4, -0.2) is 37.6 Å². The summed E-state index contributed by atoms with van der Waals surface area (Å²) in [5.41, 5.74) is 1.53. The Kier molecular flexibility index (Phi) is 4.19. The van der Waals surface area contributed by atoms with Crippen LogP contribution in [0.3, 0.4) is 0 Å². The lowest BCUT2D eigenvalue weighted by Crippen LogP contribution is -2.45. The lowest BCUT2D eigenvalue weighted by atomic mass is 9.75. The Labute approximate surface area is 117 Å². The molecule has 0 bridgehead atoms. The van der Waals surface area contributed by atoms with Crippen molar-refractivity contribution in [1.29, 1.82) is 0 Å². The molecule has 1 aliphatic heterocycles. The quantitative estimate of drug-likeness (QED) is 0.893. The normalized spacial score (nSPS) is 31.9. The third-order valence-corrected chi connectivity index (χ3v) is 4.83. The summed E-state index contributed by atoms with van der Waals surface area (Å²) in [6, 6.07) is 11.7. The zero-order valence-corrected chi connectivity index (χ0v) is 12.0. The SMILES string of the molecule is CN1CCCC(CNC2CC(c3ccccc3)C2)C1. The minimum absolute atomic E-state index is 0.762. The van der Waals surface area contributed by atoms with E-state index in [9.17, 15) is 0 Å². The summed E-state index contributed by atoms with van der Waals surface area (Å²) in [5, 5.41) is 3.78. The van der Waals surface area contributed by atoms with Gasteiger partial charge in [-0.1, -0.05) is 30.3 Å². The van der Waals surface area contributed by atoms with Crippen LogP contribution in [0.5, 0.6) is 0 Å². The van der Waals surface area contributed by atoms with E-state index < -0.39 is 0 Å². The molecule has 2 nitrogen and oxygen atoms in total. The van der Waals surface area contributed by atoms with E-state index in [4.69, 9.17) is 0 Å².